The topological polar surface area (TPSA) is 82.8 Å². The van der Waals surface area contributed by atoms with Crippen LogP contribution >= 0.6 is 0 Å². The van der Waals surface area contributed by atoms with E-state index in [0.29, 0.717) is 25.5 Å². The van der Waals surface area contributed by atoms with Crippen molar-refractivity contribution < 1.29 is 19.0 Å². The number of nitrogens with two attached hydrogens (primary N) is 1. The fourth-order valence-corrected chi connectivity index (χ4v) is 2.17. The van der Waals surface area contributed by atoms with Gasteiger partial charge in [-0.3, -0.25) is 4.79 Å². The van der Waals surface area contributed by atoms with Crippen LogP contribution in [0.1, 0.15) is 5.56 Å². The Balaban J connectivity index is 2.00. The van der Waals surface area contributed by atoms with E-state index in [1.807, 2.05) is 18.2 Å². The molecule has 1 fully saturated rings. The van der Waals surface area contributed by atoms with Crippen molar-refractivity contribution in [2.24, 2.45) is 11.7 Å². The van der Waals surface area contributed by atoms with Gasteiger partial charge in [-0.2, -0.15) is 0 Å². The average molecular weight is 280 g/mol. The Morgan fingerprint density at radius 2 is 2.20 bits per heavy atom. The highest BCUT2D eigenvalue weighted by molar-refractivity contribution is 5.79. The molecule has 1 saturated heterocycles. The lowest BCUT2D eigenvalue weighted by Crippen LogP contribution is -2.40. The summed E-state index contributed by atoms with van der Waals surface area (Å²) in [6.07, 6.45) is 0. The van der Waals surface area contributed by atoms with Crippen molar-refractivity contribution in [3.63, 3.8) is 0 Å². The summed E-state index contributed by atoms with van der Waals surface area (Å²) in [6, 6.07) is 5.22. The minimum atomic E-state index is -0.286. The van der Waals surface area contributed by atoms with E-state index < -0.39 is 0 Å². The Morgan fingerprint density at radius 3 is 2.80 bits per heavy atom. The van der Waals surface area contributed by atoms with Gasteiger partial charge in [-0.25, -0.2) is 0 Å². The third kappa shape index (κ3) is 3.20. The van der Waals surface area contributed by atoms with E-state index >= 15 is 0 Å². The lowest BCUT2D eigenvalue weighted by molar-refractivity contribution is -0.125. The lowest BCUT2D eigenvalue weighted by Gasteiger charge is -2.15. The second-order valence-corrected chi connectivity index (χ2v) is 4.70. The summed E-state index contributed by atoms with van der Waals surface area (Å²) in [5.41, 5.74) is 6.67. The Labute approximate surface area is 118 Å². The third-order valence-electron chi connectivity index (χ3n) is 3.40. The van der Waals surface area contributed by atoms with Crippen molar-refractivity contribution in [1.29, 1.82) is 0 Å². The zero-order valence-electron chi connectivity index (χ0n) is 11.7. The number of nitrogens with one attached hydrogen (secondary N) is 1. The molecule has 0 radical (unpaired) electrons. The molecule has 3 N–H and O–H groups in total. The fraction of sp³-hybridized carbons (Fsp3) is 0.500. The first-order valence-corrected chi connectivity index (χ1v) is 6.47. The number of carbonyl (C=O) groups excluding carboxylic acids is 1. The largest absolute Gasteiger partial charge is 0.497 e. The van der Waals surface area contributed by atoms with Gasteiger partial charge in [0.2, 0.25) is 5.91 Å². The number of rotatable bonds is 5. The average Bonchev–Trinajstić information content (AvgIpc) is 2.90. The van der Waals surface area contributed by atoms with Crippen molar-refractivity contribution >= 4 is 5.91 Å². The van der Waals surface area contributed by atoms with Crippen LogP contribution in [0, 0.1) is 5.92 Å². The fourth-order valence-electron chi connectivity index (χ4n) is 2.17. The number of hydrogen-bond donors (Lipinski definition) is 2. The lowest BCUT2D eigenvalue weighted by atomic mass is 10.0. The summed E-state index contributed by atoms with van der Waals surface area (Å²) < 4.78 is 15.6. The molecule has 110 valence electrons. The summed E-state index contributed by atoms with van der Waals surface area (Å²) >= 11 is 0. The van der Waals surface area contributed by atoms with E-state index in [2.05, 4.69) is 5.32 Å². The van der Waals surface area contributed by atoms with Crippen molar-refractivity contribution in [2.45, 2.75) is 12.6 Å². The molecule has 1 aliphatic rings. The maximum absolute atomic E-state index is 12.0. The predicted molar refractivity (Wildman–Crippen MR) is 73.7 cm³/mol. The molecule has 0 saturated carbocycles. The number of amides is 1. The molecular weight excluding hydrogens is 260 g/mol. The van der Waals surface area contributed by atoms with E-state index in [1.165, 1.54) is 0 Å². The van der Waals surface area contributed by atoms with Crippen LogP contribution in [0.3, 0.4) is 0 Å². The molecular formula is C14H20N2O4. The molecule has 1 aromatic rings. The maximum atomic E-state index is 12.0. The van der Waals surface area contributed by atoms with Crippen molar-refractivity contribution in [3.8, 4) is 11.5 Å². The van der Waals surface area contributed by atoms with Crippen molar-refractivity contribution in [2.75, 3.05) is 27.4 Å². The summed E-state index contributed by atoms with van der Waals surface area (Å²) in [4.78, 5) is 12.0. The van der Waals surface area contributed by atoms with Gasteiger partial charge in [0.25, 0.3) is 0 Å². The van der Waals surface area contributed by atoms with Crippen LogP contribution in [-0.2, 0) is 16.1 Å². The highest BCUT2D eigenvalue weighted by Gasteiger charge is 2.31. The minimum Gasteiger partial charge on any atom is -0.497 e. The Morgan fingerprint density at radius 1 is 1.40 bits per heavy atom. The molecule has 1 amide bonds. The second-order valence-electron chi connectivity index (χ2n) is 4.70. The molecule has 1 aromatic carbocycles. The summed E-state index contributed by atoms with van der Waals surface area (Å²) in [6.45, 7) is 1.17. The van der Waals surface area contributed by atoms with Crippen molar-refractivity contribution in [3.05, 3.63) is 23.8 Å². The Hall–Kier alpha value is -1.79. The number of benzene rings is 1. The first-order chi connectivity index (χ1) is 9.65. The first kappa shape index (κ1) is 14.6. The monoisotopic (exact) mass is 280 g/mol. The van der Waals surface area contributed by atoms with Crippen LogP contribution in [0.4, 0.5) is 0 Å². The van der Waals surface area contributed by atoms with Crippen LogP contribution < -0.4 is 20.5 Å². The zero-order chi connectivity index (χ0) is 14.5. The second kappa shape index (κ2) is 6.58. The molecule has 2 atom stereocenters. The van der Waals surface area contributed by atoms with Gasteiger partial charge in [0.15, 0.2) is 0 Å². The molecule has 0 aromatic heterocycles. The number of methoxy groups -OCH3 is 2. The predicted octanol–water partition coefficient (Wildman–Crippen LogP) is 0.294. The molecule has 1 aliphatic heterocycles. The van der Waals surface area contributed by atoms with Crippen LogP contribution in [0.25, 0.3) is 0 Å². The van der Waals surface area contributed by atoms with E-state index in [-0.39, 0.29) is 17.9 Å². The van der Waals surface area contributed by atoms with Crippen LogP contribution in [0.5, 0.6) is 11.5 Å². The number of hydrogen-bond acceptors (Lipinski definition) is 5. The van der Waals surface area contributed by atoms with Gasteiger partial charge in [0.1, 0.15) is 11.5 Å². The molecule has 2 rings (SSSR count). The van der Waals surface area contributed by atoms with Gasteiger partial charge in [-0.15, -0.1) is 0 Å². The molecule has 0 bridgehead atoms. The zero-order valence-corrected chi connectivity index (χ0v) is 11.7. The van der Waals surface area contributed by atoms with E-state index in [4.69, 9.17) is 19.9 Å². The molecule has 20 heavy (non-hydrogen) atoms. The highest BCUT2D eigenvalue weighted by Crippen LogP contribution is 2.24. The van der Waals surface area contributed by atoms with Gasteiger partial charge < -0.3 is 25.3 Å². The van der Waals surface area contributed by atoms with E-state index in [1.54, 1.807) is 14.2 Å². The van der Waals surface area contributed by atoms with Crippen LogP contribution in [0.2, 0.25) is 0 Å². The Kier molecular flexibility index (Phi) is 4.81. The third-order valence-corrected chi connectivity index (χ3v) is 3.40. The molecule has 6 heteroatoms. The molecule has 6 nitrogen and oxygen atoms in total. The molecule has 0 spiro atoms. The number of carbonyl (C=O) groups is 1. The summed E-state index contributed by atoms with van der Waals surface area (Å²) in [5, 5.41) is 2.86. The van der Waals surface area contributed by atoms with Gasteiger partial charge in [0, 0.05) is 18.2 Å². The van der Waals surface area contributed by atoms with Gasteiger partial charge in [0.05, 0.1) is 33.4 Å². The normalized spacial score (nSPS) is 21.6. The van der Waals surface area contributed by atoms with Gasteiger partial charge in [-0.1, -0.05) is 0 Å². The maximum Gasteiger partial charge on any atom is 0.227 e. The SMILES string of the molecule is COc1ccc(OC)c(CNC(=O)C2COCC2N)c1. The highest BCUT2D eigenvalue weighted by atomic mass is 16.5. The summed E-state index contributed by atoms with van der Waals surface area (Å²) in [7, 11) is 3.19. The minimum absolute atomic E-state index is 0.0973. The number of ether oxygens (including phenoxy) is 3. The van der Waals surface area contributed by atoms with E-state index in [0.717, 1.165) is 11.3 Å². The van der Waals surface area contributed by atoms with E-state index in [9.17, 15) is 4.79 Å². The summed E-state index contributed by atoms with van der Waals surface area (Å²) in [5.74, 6) is 1.04. The van der Waals surface area contributed by atoms with Gasteiger partial charge >= 0.3 is 0 Å². The standard InChI is InChI=1S/C14H20N2O4/c1-18-10-3-4-13(19-2)9(5-10)6-16-14(17)11-7-20-8-12(11)15/h3-5,11-12H,6-8,15H2,1-2H3,(H,16,17). The van der Waals surface area contributed by atoms with Crippen molar-refractivity contribution in [1.82, 2.24) is 5.32 Å². The van der Waals surface area contributed by atoms with Crippen LogP contribution in [-0.4, -0.2) is 39.4 Å². The first-order valence-electron chi connectivity index (χ1n) is 6.47. The van der Waals surface area contributed by atoms with Gasteiger partial charge in [-0.05, 0) is 18.2 Å². The molecule has 0 aliphatic carbocycles. The smallest absolute Gasteiger partial charge is 0.227 e. The quantitative estimate of drug-likeness (QED) is 0.810. The molecule has 2 unspecified atom stereocenters. The molecule has 1 heterocycles. The van der Waals surface area contributed by atoms with Crippen LogP contribution in [0.15, 0.2) is 18.2 Å². The Bertz CT molecular complexity index is 478.